The summed E-state index contributed by atoms with van der Waals surface area (Å²) in [5, 5.41) is 10.5. The summed E-state index contributed by atoms with van der Waals surface area (Å²) in [5.74, 6) is -1.65. The molecule has 0 bridgehead atoms. The molecular formula is C14H17NO5S. The van der Waals surface area contributed by atoms with Gasteiger partial charge in [-0.1, -0.05) is 12.5 Å². The van der Waals surface area contributed by atoms with Gasteiger partial charge in [0.1, 0.15) is 5.25 Å². The summed E-state index contributed by atoms with van der Waals surface area (Å²) >= 11 is 0. The molecule has 1 aromatic rings. The first-order valence-electron chi connectivity index (χ1n) is 6.67. The minimum absolute atomic E-state index is 0.0271. The van der Waals surface area contributed by atoms with Crippen LogP contribution in [0.4, 0.5) is 5.69 Å². The second-order valence-corrected chi connectivity index (χ2v) is 7.48. The molecule has 1 fully saturated rings. The highest BCUT2D eigenvalue weighted by atomic mass is 32.2. The molecule has 1 amide bonds. The number of hydrogen-bond donors (Lipinski definition) is 2. The lowest BCUT2D eigenvalue weighted by molar-refractivity contribution is -0.116. The standard InChI is InChI=1S/C14H17NO5S/c1-9-5-6-10(8-11(9)14(17)18)15-13(16)12-4-2-3-7-21(12,19)20/h5-6,8,12H,2-4,7H2,1H3,(H,15,16)(H,17,18). The highest BCUT2D eigenvalue weighted by Crippen LogP contribution is 2.22. The number of rotatable bonds is 3. The first-order valence-corrected chi connectivity index (χ1v) is 8.39. The summed E-state index contributed by atoms with van der Waals surface area (Å²) in [7, 11) is -3.41. The van der Waals surface area contributed by atoms with E-state index in [0.717, 1.165) is 0 Å². The fourth-order valence-electron chi connectivity index (χ4n) is 2.40. The van der Waals surface area contributed by atoms with E-state index in [9.17, 15) is 18.0 Å². The Morgan fingerprint density at radius 2 is 2.00 bits per heavy atom. The molecule has 2 N–H and O–H groups in total. The summed E-state index contributed by atoms with van der Waals surface area (Å²) in [6.07, 6.45) is 1.59. The second-order valence-electron chi connectivity index (χ2n) is 5.18. The Bertz CT molecular complexity index is 681. The first-order chi connectivity index (χ1) is 9.81. The van der Waals surface area contributed by atoms with E-state index in [2.05, 4.69) is 5.32 Å². The van der Waals surface area contributed by atoms with Gasteiger partial charge in [-0.3, -0.25) is 4.79 Å². The van der Waals surface area contributed by atoms with Gasteiger partial charge in [0.05, 0.1) is 11.3 Å². The quantitative estimate of drug-likeness (QED) is 0.883. The maximum atomic E-state index is 12.1. The lowest BCUT2D eigenvalue weighted by Gasteiger charge is -2.21. The lowest BCUT2D eigenvalue weighted by atomic mass is 10.1. The third-order valence-electron chi connectivity index (χ3n) is 3.61. The molecule has 1 aliphatic heterocycles. The van der Waals surface area contributed by atoms with Gasteiger partial charge in [-0.2, -0.15) is 0 Å². The first kappa shape index (κ1) is 15.5. The molecule has 6 nitrogen and oxygen atoms in total. The maximum Gasteiger partial charge on any atom is 0.336 e. The van der Waals surface area contributed by atoms with Crippen LogP contribution in [0.25, 0.3) is 0 Å². The zero-order chi connectivity index (χ0) is 15.6. The van der Waals surface area contributed by atoms with Crippen LogP contribution in [0.3, 0.4) is 0 Å². The Hall–Kier alpha value is -1.89. The number of nitrogens with one attached hydrogen (secondary N) is 1. The van der Waals surface area contributed by atoms with Crippen molar-refractivity contribution in [3.05, 3.63) is 29.3 Å². The zero-order valence-corrected chi connectivity index (χ0v) is 12.4. The fraction of sp³-hybridized carbons (Fsp3) is 0.429. The van der Waals surface area contributed by atoms with Gasteiger partial charge in [0.25, 0.3) is 0 Å². The Morgan fingerprint density at radius 1 is 1.29 bits per heavy atom. The van der Waals surface area contributed by atoms with Crippen LogP contribution in [0.1, 0.15) is 35.2 Å². The van der Waals surface area contributed by atoms with Gasteiger partial charge in [-0.15, -0.1) is 0 Å². The van der Waals surface area contributed by atoms with E-state index < -0.39 is 27.0 Å². The van der Waals surface area contributed by atoms with E-state index >= 15 is 0 Å². The molecule has 0 aromatic heterocycles. The van der Waals surface area contributed by atoms with Crippen LogP contribution in [0.2, 0.25) is 0 Å². The zero-order valence-electron chi connectivity index (χ0n) is 11.6. The molecule has 1 atom stereocenters. The van der Waals surface area contributed by atoms with Crippen LogP contribution in [0.5, 0.6) is 0 Å². The molecule has 114 valence electrons. The number of carbonyl (C=O) groups is 2. The Labute approximate surface area is 123 Å². The SMILES string of the molecule is Cc1ccc(NC(=O)C2CCCCS2(=O)=O)cc1C(=O)O. The van der Waals surface area contributed by atoms with Gasteiger partial charge in [0.2, 0.25) is 5.91 Å². The number of carboxylic acids is 1. The van der Waals surface area contributed by atoms with Crippen molar-refractivity contribution >= 4 is 27.4 Å². The third kappa shape index (κ3) is 3.41. The summed E-state index contributed by atoms with van der Waals surface area (Å²) < 4.78 is 23.8. The summed E-state index contributed by atoms with van der Waals surface area (Å²) in [5.41, 5.74) is 0.953. The number of amides is 1. The number of hydrogen-bond acceptors (Lipinski definition) is 4. The van der Waals surface area contributed by atoms with Gasteiger partial charge in [-0.05, 0) is 37.5 Å². The largest absolute Gasteiger partial charge is 0.478 e. The van der Waals surface area contributed by atoms with E-state index in [1.165, 1.54) is 6.07 Å². The number of anilines is 1. The summed E-state index contributed by atoms with van der Waals surface area (Å²) in [6, 6.07) is 4.48. The molecule has 1 unspecified atom stereocenters. The fourth-order valence-corrected chi connectivity index (χ4v) is 4.20. The van der Waals surface area contributed by atoms with Crippen molar-refractivity contribution in [3.8, 4) is 0 Å². The van der Waals surface area contributed by atoms with Crippen molar-refractivity contribution in [2.75, 3.05) is 11.1 Å². The van der Waals surface area contributed by atoms with Crippen molar-refractivity contribution in [1.29, 1.82) is 0 Å². The molecule has 1 aliphatic rings. The van der Waals surface area contributed by atoms with Gasteiger partial charge in [0, 0.05) is 5.69 Å². The highest BCUT2D eigenvalue weighted by Gasteiger charge is 2.34. The topological polar surface area (TPSA) is 101 Å². The number of carbonyl (C=O) groups excluding carboxylic acids is 1. The molecule has 2 rings (SSSR count). The van der Waals surface area contributed by atoms with Gasteiger partial charge < -0.3 is 10.4 Å². The monoisotopic (exact) mass is 311 g/mol. The third-order valence-corrected chi connectivity index (χ3v) is 5.78. The predicted octanol–water partition coefficient (Wildman–Crippen LogP) is 1.60. The normalized spacial score (nSPS) is 20.7. The van der Waals surface area contributed by atoms with Crippen molar-refractivity contribution in [1.82, 2.24) is 0 Å². The van der Waals surface area contributed by atoms with Gasteiger partial charge >= 0.3 is 5.97 Å². The number of aryl methyl sites for hydroxylation is 1. The molecule has 7 heteroatoms. The number of aromatic carboxylic acids is 1. The minimum atomic E-state index is -3.41. The van der Waals surface area contributed by atoms with Crippen LogP contribution >= 0.6 is 0 Å². The molecule has 1 heterocycles. The average Bonchev–Trinajstić information content (AvgIpc) is 2.40. The van der Waals surface area contributed by atoms with E-state index in [0.29, 0.717) is 30.5 Å². The van der Waals surface area contributed by atoms with Crippen LogP contribution in [0, 0.1) is 6.92 Å². The van der Waals surface area contributed by atoms with Crippen molar-refractivity contribution < 1.29 is 23.1 Å². The Kier molecular flexibility index (Phi) is 4.32. The van der Waals surface area contributed by atoms with Crippen molar-refractivity contribution in [2.45, 2.75) is 31.4 Å². The smallest absolute Gasteiger partial charge is 0.336 e. The van der Waals surface area contributed by atoms with E-state index in [1.807, 2.05) is 0 Å². The van der Waals surface area contributed by atoms with E-state index in [-0.39, 0.29) is 11.3 Å². The van der Waals surface area contributed by atoms with Crippen molar-refractivity contribution in [3.63, 3.8) is 0 Å². The van der Waals surface area contributed by atoms with Gasteiger partial charge in [0.15, 0.2) is 9.84 Å². The van der Waals surface area contributed by atoms with Crippen molar-refractivity contribution in [2.24, 2.45) is 0 Å². The predicted molar refractivity (Wildman–Crippen MR) is 78.2 cm³/mol. The summed E-state index contributed by atoms with van der Waals surface area (Å²) in [4.78, 5) is 23.2. The Balaban J connectivity index is 2.20. The highest BCUT2D eigenvalue weighted by molar-refractivity contribution is 7.92. The number of carboxylic acid groups (broad SMARTS) is 1. The van der Waals surface area contributed by atoms with Gasteiger partial charge in [-0.25, -0.2) is 13.2 Å². The molecule has 1 saturated heterocycles. The number of sulfone groups is 1. The molecule has 0 radical (unpaired) electrons. The van der Waals surface area contributed by atoms with Crippen LogP contribution in [-0.2, 0) is 14.6 Å². The molecule has 21 heavy (non-hydrogen) atoms. The second kappa shape index (κ2) is 5.85. The summed E-state index contributed by atoms with van der Waals surface area (Å²) in [6.45, 7) is 1.65. The van der Waals surface area contributed by atoms with Crippen LogP contribution in [0.15, 0.2) is 18.2 Å². The molecule has 1 aromatic carbocycles. The number of benzene rings is 1. The van der Waals surface area contributed by atoms with Crippen LogP contribution < -0.4 is 5.32 Å². The molecule has 0 aliphatic carbocycles. The van der Waals surface area contributed by atoms with E-state index in [4.69, 9.17) is 5.11 Å². The Morgan fingerprint density at radius 3 is 2.62 bits per heavy atom. The maximum absolute atomic E-state index is 12.1. The molecular weight excluding hydrogens is 294 g/mol. The molecule has 0 saturated carbocycles. The minimum Gasteiger partial charge on any atom is -0.478 e. The van der Waals surface area contributed by atoms with Crippen LogP contribution in [-0.4, -0.2) is 36.4 Å². The van der Waals surface area contributed by atoms with E-state index in [1.54, 1.807) is 19.1 Å². The molecule has 0 spiro atoms. The lowest BCUT2D eigenvalue weighted by Crippen LogP contribution is -2.39. The average molecular weight is 311 g/mol.